The average Bonchev–Trinajstić information content (AvgIpc) is 2.30. The van der Waals surface area contributed by atoms with Gasteiger partial charge in [0.15, 0.2) is 0 Å². The van der Waals surface area contributed by atoms with Gasteiger partial charge < -0.3 is 0 Å². The molecular weight excluding hydrogens is 182 g/mol. The fraction of sp³-hybridized carbons (Fsp3) is 0.571. The lowest BCUT2D eigenvalue weighted by atomic mass is 9.88. The summed E-state index contributed by atoms with van der Waals surface area (Å²) in [5.41, 5.74) is 2.99. The molecule has 0 atom stereocenters. The van der Waals surface area contributed by atoms with Gasteiger partial charge in [-0.2, -0.15) is 0 Å². The Hall–Kier alpha value is -0.820. The van der Waals surface area contributed by atoms with Crippen LogP contribution < -0.4 is 5.32 Å². The number of piperidine rings is 1. The maximum atomic E-state index is 4.41. The van der Waals surface area contributed by atoms with Gasteiger partial charge in [0.05, 0.1) is 0 Å². The minimum atomic E-state index is 0.637. The molecule has 0 N–H and O–H groups in total. The Labute approximate surface area is 92.9 Å². The topological polar surface area (TPSA) is 14.1 Å². The van der Waals surface area contributed by atoms with Gasteiger partial charge in [0.25, 0.3) is 0 Å². The van der Waals surface area contributed by atoms with Crippen molar-refractivity contribution in [3.05, 3.63) is 35.4 Å². The molecule has 81 valence electrons. The van der Waals surface area contributed by atoms with Crippen LogP contribution in [0.2, 0.25) is 0 Å². The molecule has 1 aliphatic heterocycles. The quantitative estimate of drug-likeness (QED) is 0.698. The molecular formula is C14H20N. The molecule has 0 bridgehead atoms. The first kappa shape index (κ1) is 10.7. The normalized spacial score (nSPS) is 18.3. The number of hydrogen-bond acceptors (Lipinski definition) is 0. The van der Waals surface area contributed by atoms with Gasteiger partial charge in [-0.15, -0.1) is 0 Å². The van der Waals surface area contributed by atoms with Crippen molar-refractivity contribution in [2.75, 3.05) is 13.1 Å². The Kier molecular flexibility index (Phi) is 3.42. The predicted molar refractivity (Wildman–Crippen MR) is 64.4 cm³/mol. The van der Waals surface area contributed by atoms with E-state index in [-0.39, 0.29) is 0 Å². The predicted octanol–water partition coefficient (Wildman–Crippen LogP) is 3.29. The van der Waals surface area contributed by atoms with E-state index in [2.05, 4.69) is 43.4 Å². The third-order valence-corrected chi connectivity index (χ3v) is 3.32. The summed E-state index contributed by atoms with van der Waals surface area (Å²) in [7, 11) is 0. The zero-order valence-electron chi connectivity index (χ0n) is 9.74. The van der Waals surface area contributed by atoms with E-state index in [1.165, 1.54) is 24.0 Å². The van der Waals surface area contributed by atoms with Crippen molar-refractivity contribution >= 4 is 0 Å². The summed E-state index contributed by atoms with van der Waals surface area (Å²) < 4.78 is 0. The summed E-state index contributed by atoms with van der Waals surface area (Å²) in [5, 5.41) is 4.41. The molecule has 0 saturated carbocycles. The molecule has 2 rings (SSSR count). The second-order valence-electron chi connectivity index (χ2n) is 4.77. The van der Waals surface area contributed by atoms with Crippen LogP contribution in [0.4, 0.5) is 0 Å². The summed E-state index contributed by atoms with van der Waals surface area (Å²) in [5.74, 6) is 1.39. The molecule has 1 aromatic carbocycles. The first-order chi connectivity index (χ1) is 7.27. The molecule has 1 aliphatic rings. The van der Waals surface area contributed by atoms with Gasteiger partial charge in [-0.25, -0.2) is 5.32 Å². The van der Waals surface area contributed by atoms with E-state index in [1.807, 2.05) is 0 Å². The summed E-state index contributed by atoms with van der Waals surface area (Å²) in [6.45, 7) is 6.62. The SMILES string of the molecule is CC(C)c1cccc(C2CC[N]CC2)c1. The molecule has 15 heavy (non-hydrogen) atoms. The molecule has 1 nitrogen and oxygen atoms in total. The summed E-state index contributed by atoms with van der Waals surface area (Å²) in [6, 6.07) is 9.11. The van der Waals surface area contributed by atoms with E-state index in [0.29, 0.717) is 5.92 Å². The van der Waals surface area contributed by atoms with Crippen LogP contribution in [0.1, 0.15) is 49.7 Å². The fourth-order valence-corrected chi connectivity index (χ4v) is 2.26. The second-order valence-corrected chi connectivity index (χ2v) is 4.77. The Bertz CT molecular complexity index is 311. The highest BCUT2D eigenvalue weighted by atomic mass is 14.9. The highest BCUT2D eigenvalue weighted by Gasteiger charge is 2.16. The number of nitrogens with zero attached hydrogens (tertiary/aromatic N) is 1. The van der Waals surface area contributed by atoms with Gasteiger partial charge in [-0.3, -0.25) is 0 Å². The van der Waals surface area contributed by atoms with Gasteiger partial charge in [0.1, 0.15) is 0 Å². The van der Waals surface area contributed by atoms with Crippen molar-refractivity contribution < 1.29 is 0 Å². The molecule has 0 aromatic heterocycles. The van der Waals surface area contributed by atoms with Crippen molar-refractivity contribution in [3.63, 3.8) is 0 Å². The van der Waals surface area contributed by atoms with Crippen LogP contribution in [-0.2, 0) is 0 Å². The van der Waals surface area contributed by atoms with E-state index in [0.717, 1.165) is 19.0 Å². The molecule has 0 unspecified atom stereocenters. The summed E-state index contributed by atoms with van der Waals surface area (Å²) in [6.07, 6.45) is 2.48. The van der Waals surface area contributed by atoms with E-state index in [4.69, 9.17) is 0 Å². The van der Waals surface area contributed by atoms with Crippen LogP contribution in [0.15, 0.2) is 24.3 Å². The van der Waals surface area contributed by atoms with Crippen molar-refractivity contribution in [2.24, 2.45) is 0 Å². The number of benzene rings is 1. The third kappa shape index (κ3) is 2.60. The maximum Gasteiger partial charge on any atom is 0.0139 e. The zero-order valence-corrected chi connectivity index (χ0v) is 9.74. The molecule has 1 saturated heterocycles. The molecule has 0 aliphatic carbocycles. The van der Waals surface area contributed by atoms with Crippen molar-refractivity contribution in [1.29, 1.82) is 0 Å². The lowest BCUT2D eigenvalue weighted by Gasteiger charge is -2.22. The van der Waals surface area contributed by atoms with Crippen LogP contribution >= 0.6 is 0 Å². The standard InChI is InChI=1S/C14H20N/c1-11(2)13-4-3-5-14(10-13)12-6-8-15-9-7-12/h3-5,10-12H,6-9H2,1-2H3. The van der Waals surface area contributed by atoms with E-state index < -0.39 is 0 Å². The molecule has 1 radical (unpaired) electrons. The lowest BCUT2D eigenvalue weighted by Crippen LogP contribution is -2.21. The van der Waals surface area contributed by atoms with Crippen LogP contribution in [0.3, 0.4) is 0 Å². The van der Waals surface area contributed by atoms with Gasteiger partial charge >= 0.3 is 0 Å². The Morgan fingerprint density at radius 2 is 1.93 bits per heavy atom. The van der Waals surface area contributed by atoms with Crippen LogP contribution in [-0.4, -0.2) is 13.1 Å². The minimum absolute atomic E-state index is 0.637. The maximum absolute atomic E-state index is 4.41. The fourth-order valence-electron chi connectivity index (χ4n) is 2.26. The van der Waals surface area contributed by atoms with Crippen molar-refractivity contribution in [1.82, 2.24) is 5.32 Å². The van der Waals surface area contributed by atoms with Crippen LogP contribution in [0.5, 0.6) is 0 Å². The first-order valence-electron chi connectivity index (χ1n) is 6.00. The second kappa shape index (κ2) is 4.80. The summed E-state index contributed by atoms with van der Waals surface area (Å²) >= 11 is 0. The number of hydrogen-bond donors (Lipinski definition) is 0. The van der Waals surface area contributed by atoms with E-state index >= 15 is 0 Å². The molecule has 1 aromatic rings. The monoisotopic (exact) mass is 202 g/mol. The van der Waals surface area contributed by atoms with Gasteiger partial charge in [-0.05, 0) is 35.8 Å². The smallest absolute Gasteiger partial charge is 0.0139 e. The highest BCUT2D eigenvalue weighted by molar-refractivity contribution is 5.28. The molecule has 1 heteroatoms. The third-order valence-electron chi connectivity index (χ3n) is 3.32. The van der Waals surface area contributed by atoms with E-state index in [1.54, 1.807) is 0 Å². The van der Waals surface area contributed by atoms with Gasteiger partial charge in [0.2, 0.25) is 0 Å². The first-order valence-corrected chi connectivity index (χ1v) is 6.00. The van der Waals surface area contributed by atoms with E-state index in [9.17, 15) is 0 Å². The average molecular weight is 202 g/mol. The Morgan fingerprint density at radius 3 is 2.60 bits per heavy atom. The number of rotatable bonds is 2. The zero-order chi connectivity index (χ0) is 10.7. The molecule has 0 amide bonds. The summed E-state index contributed by atoms with van der Waals surface area (Å²) in [4.78, 5) is 0. The van der Waals surface area contributed by atoms with Crippen LogP contribution in [0, 0.1) is 0 Å². The van der Waals surface area contributed by atoms with Gasteiger partial charge in [-0.1, -0.05) is 38.1 Å². The Balaban J connectivity index is 2.16. The van der Waals surface area contributed by atoms with Crippen LogP contribution in [0.25, 0.3) is 0 Å². The minimum Gasteiger partial charge on any atom is -0.242 e. The largest absolute Gasteiger partial charge is 0.242 e. The Morgan fingerprint density at radius 1 is 1.20 bits per heavy atom. The van der Waals surface area contributed by atoms with Crippen molar-refractivity contribution in [3.8, 4) is 0 Å². The van der Waals surface area contributed by atoms with Crippen molar-refractivity contribution in [2.45, 2.75) is 38.5 Å². The molecule has 0 spiro atoms. The van der Waals surface area contributed by atoms with Gasteiger partial charge in [0, 0.05) is 13.1 Å². The highest BCUT2D eigenvalue weighted by Crippen LogP contribution is 2.27. The lowest BCUT2D eigenvalue weighted by molar-refractivity contribution is 0.453. The molecule has 1 heterocycles. The molecule has 1 fully saturated rings.